The van der Waals surface area contributed by atoms with Crippen molar-refractivity contribution in [3.8, 4) is 0 Å². The van der Waals surface area contributed by atoms with E-state index in [4.69, 9.17) is 11.6 Å². The van der Waals surface area contributed by atoms with Crippen LogP contribution in [0.2, 0.25) is 0 Å². The molecule has 108 valence electrons. The standard InChI is InChI=1S/C8H7ClO.C8H7NO2/c1-6-3-2-4-7(5-6)8(9)10;10-7-4-2-1-3-5-6(4)8(11)9(5)7/h2-5H,1H3;2,5-6H,1,3H2. The van der Waals surface area contributed by atoms with Gasteiger partial charge in [0.05, 0.1) is 12.0 Å². The first kappa shape index (κ1) is 14.0. The highest BCUT2D eigenvalue weighted by Crippen LogP contribution is 2.47. The molecule has 21 heavy (non-hydrogen) atoms. The summed E-state index contributed by atoms with van der Waals surface area (Å²) in [5, 5.41) is -0.399. The van der Waals surface area contributed by atoms with Gasteiger partial charge in [-0.3, -0.25) is 19.3 Å². The Bertz CT molecular complexity index is 680. The van der Waals surface area contributed by atoms with Gasteiger partial charge in [0.15, 0.2) is 0 Å². The fraction of sp³-hybridized carbons (Fsp3) is 0.312. The lowest BCUT2D eigenvalue weighted by atomic mass is 9.82. The third-order valence-electron chi connectivity index (χ3n) is 4.09. The first-order valence-corrected chi connectivity index (χ1v) is 7.22. The minimum Gasteiger partial charge on any atom is -0.276 e. The van der Waals surface area contributed by atoms with E-state index in [1.165, 1.54) is 4.90 Å². The molecule has 4 aliphatic rings. The number of allylic oxidation sites excluding steroid dienone is 1. The molecule has 0 saturated carbocycles. The maximum atomic E-state index is 11.3. The number of β-lactam (4-membered cyclic amide) rings is 1. The summed E-state index contributed by atoms with van der Waals surface area (Å²) in [5.74, 6) is -0.0234. The molecule has 5 rings (SSSR count). The third-order valence-corrected chi connectivity index (χ3v) is 4.31. The number of benzene rings is 1. The minimum atomic E-state index is -0.399. The Labute approximate surface area is 127 Å². The number of carbonyl (C=O) groups excluding carboxylic acids is 3. The van der Waals surface area contributed by atoms with Crippen molar-refractivity contribution in [1.29, 1.82) is 0 Å². The Balaban J connectivity index is 0.000000127. The SMILES string of the molecule is Cc1cccc(C(=O)Cl)c1.O=C1C2=CCCC3C2C(=O)N13. The van der Waals surface area contributed by atoms with Crippen LogP contribution in [0.3, 0.4) is 0 Å². The number of nitrogens with zero attached hydrogens (tertiary/aromatic N) is 1. The smallest absolute Gasteiger partial charge is 0.257 e. The van der Waals surface area contributed by atoms with Crippen LogP contribution in [-0.4, -0.2) is 28.0 Å². The van der Waals surface area contributed by atoms with Gasteiger partial charge >= 0.3 is 0 Å². The molecule has 1 aromatic carbocycles. The fourth-order valence-electron chi connectivity index (χ4n) is 3.09. The summed E-state index contributed by atoms with van der Waals surface area (Å²) in [7, 11) is 0. The summed E-state index contributed by atoms with van der Waals surface area (Å²) < 4.78 is 0. The fourth-order valence-corrected chi connectivity index (χ4v) is 3.21. The number of imide groups is 1. The van der Waals surface area contributed by atoms with E-state index < -0.39 is 5.24 Å². The highest BCUT2D eigenvalue weighted by molar-refractivity contribution is 6.67. The Morgan fingerprint density at radius 1 is 1.33 bits per heavy atom. The second kappa shape index (κ2) is 5.11. The monoisotopic (exact) mass is 303 g/mol. The summed E-state index contributed by atoms with van der Waals surface area (Å²) >= 11 is 5.24. The first-order chi connectivity index (χ1) is 10.0. The summed E-state index contributed by atoms with van der Waals surface area (Å²) in [6, 6.07) is 7.43. The molecule has 1 aromatic rings. The summed E-state index contributed by atoms with van der Waals surface area (Å²) in [6.45, 7) is 1.92. The van der Waals surface area contributed by atoms with Gasteiger partial charge in [0.2, 0.25) is 5.91 Å². The van der Waals surface area contributed by atoms with E-state index in [1.54, 1.807) is 12.1 Å². The van der Waals surface area contributed by atoms with Gasteiger partial charge in [0, 0.05) is 11.1 Å². The average molecular weight is 304 g/mol. The second-order valence-electron chi connectivity index (χ2n) is 5.44. The van der Waals surface area contributed by atoms with Gasteiger partial charge in [0.1, 0.15) is 0 Å². The van der Waals surface area contributed by atoms with Crippen molar-refractivity contribution >= 4 is 28.7 Å². The molecule has 0 spiro atoms. The molecule has 3 saturated heterocycles. The maximum Gasteiger partial charge on any atom is 0.257 e. The molecule has 4 nitrogen and oxygen atoms in total. The zero-order chi connectivity index (χ0) is 15.1. The molecule has 0 radical (unpaired) electrons. The van der Waals surface area contributed by atoms with Crippen molar-refractivity contribution in [2.75, 3.05) is 0 Å². The molecule has 1 aliphatic carbocycles. The summed E-state index contributed by atoms with van der Waals surface area (Å²) in [4.78, 5) is 34.4. The topological polar surface area (TPSA) is 54.5 Å². The van der Waals surface area contributed by atoms with Gasteiger partial charge in [-0.2, -0.15) is 0 Å². The van der Waals surface area contributed by atoms with Crippen LogP contribution in [0.25, 0.3) is 0 Å². The van der Waals surface area contributed by atoms with Crippen LogP contribution in [0.1, 0.15) is 28.8 Å². The van der Waals surface area contributed by atoms with Crippen LogP contribution in [0.4, 0.5) is 0 Å². The molecular weight excluding hydrogens is 290 g/mol. The zero-order valence-corrected chi connectivity index (χ0v) is 12.3. The molecule has 4 bridgehead atoms. The summed E-state index contributed by atoms with van der Waals surface area (Å²) in [5.41, 5.74) is 2.37. The molecule has 2 amide bonds. The van der Waals surface area contributed by atoms with Gasteiger partial charge < -0.3 is 0 Å². The number of aryl methyl sites for hydroxylation is 1. The Kier molecular flexibility index (Phi) is 3.41. The Morgan fingerprint density at radius 2 is 2.10 bits per heavy atom. The molecule has 0 N–H and O–H groups in total. The average Bonchev–Trinajstić information content (AvgIpc) is 2.81. The number of hydrogen-bond acceptors (Lipinski definition) is 3. The Hall–Kier alpha value is -1.94. The number of hydrogen-bond donors (Lipinski definition) is 0. The molecule has 0 aromatic heterocycles. The predicted octanol–water partition coefficient (Wildman–Crippen LogP) is 2.45. The number of carbonyl (C=O) groups is 3. The number of amides is 2. The largest absolute Gasteiger partial charge is 0.276 e. The van der Waals surface area contributed by atoms with Gasteiger partial charge in [-0.1, -0.05) is 29.8 Å². The van der Waals surface area contributed by atoms with Crippen LogP contribution in [0.5, 0.6) is 0 Å². The molecule has 3 heterocycles. The van der Waals surface area contributed by atoms with E-state index >= 15 is 0 Å². The van der Waals surface area contributed by atoms with Gasteiger partial charge in [0.25, 0.3) is 11.1 Å². The van der Waals surface area contributed by atoms with E-state index in [-0.39, 0.29) is 23.8 Å². The Morgan fingerprint density at radius 3 is 2.62 bits per heavy atom. The predicted molar refractivity (Wildman–Crippen MR) is 77.8 cm³/mol. The van der Waals surface area contributed by atoms with Gasteiger partial charge in [-0.15, -0.1) is 0 Å². The molecule has 2 atom stereocenters. The van der Waals surface area contributed by atoms with Crippen LogP contribution in [-0.2, 0) is 9.59 Å². The van der Waals surface area contributed by atoms with Crippen LogP contribution in [0, 0.1) is 12.8 Å². The van der Waals surface area contributed by atoms with E-state index in [1.807, 2.05) is 25.1 Å². The van der Waals surface area contributed by atoms with Crippen molar-refractivity contribution in [1.82, 2.24) is 4.90 Å². The van der Waals surface area contributed by atoms with E-state index in [0.717, 1.165) is 24.0 Å². The number of rotatable bonds is 1. The van der Waals surface area contributed by atoms with Crippen molar-refractivity contribution in [3.05, 3.63) is 47.0 Å². The third kappa shape index (κ3) is 2.20. The quantitative estimate of drug-likeness (QED) is 0.455. The molecule has 2 unspecified atom stereocenters. The van der Waals surface area contributed by atoms with Crippen LogP contribution < -0.4 is 0 Å². The van der Waals surface area contributed by atoms with Crippen molar-refractivity contribution in [2.24, 2.45) is 5.92 Å². The van der Waals surface area contributed by atoms with Crippen LogP contribution in [0.15, 0.2) is 35.9 Å². The maximum absolute atomic E-state index is 11.3. The lowest BCUT2D eigenvalue weighted by Crippen LogP contribution is -2.54. The lowest BCUT2D eigenvalue weighted by Gasteiger charge is -2.36. The molecule has 3 fully saturated rings. The second-order valence-corrected chi connectivity index (χ2v) is 5.78. The minimum absolute atomic E-state index is 0.0255. The first-order valence-electron chi connectivity index (χ1n) is 6.84. The van der Waals surface area contributed by atoms with Crippen molar-refractivity contribution in [2.45, 2.75) is 25.8 Å². The molecular formula is C16H14ClNO3. The van der Waals surface area contributed by atoms with E-state index in [0.29, 0.717) is 5.56 Å². The molecule has 5 heteroatoms. The van der Waals surface area contributed by atoms with E-state index in [9.17, 15) is 14.4 Å². The van der Waals surface area contributed by atoms with Crippen molar-refractivity contribution in [3.63, 3.8) is 0 Å². The van der Waals surface area contributed by atoms with Gasteiger partial charge in [-0.25, -0.2) is 0 Å². The number of halogens is 1. The lowest BCUT2D eigenvalue weighted by molar-refractivity contribution is -0.152. The van der Waals surface area contributed by atoms with Crippen LogP contribution >= 0.6 is 11.6 Å². The highest BCUT2D eigenvalue weighted by Gasteiger charge is 2.62. The zero-order valence-electron chi connectivity index (χ0n) is 11.5. The molecule has 3 aliphatic heterocycles. The van der Waals surface area contributed by atoms with Crippen molar-refractivity contribution < 1.29 is 14.4 Å². The highest BCUT2D eigenvalue weighted by atomic mass is 35.5. The van der Waals surface area contributed by atoms with Gasteiger partial charge in [-0.05, 0) is 37.4 Å². The normalized spacial score (nSPS) is 24.9. The van der Waals surface area contributed by atoms with E-state index in [2.05, 4.69) is 0 Å². The summed E-state index contributed by atoms with van der Waals surface area (Å²) in [6.07, 6.45) is 3.87.